The van der Waals surface area contributed by atoms with E-state index < -0.39 is 0 Å². The molecular formula is C24H22N2O3S. The number of rotatable bonds is 5. The predicted molar refractivity (Wildman–Crippen MR) is 121 cm³/mol. The second-order valence-corrected chi connectivity index (χ2v) is 8.14. The molecule has 1 aliphatic rings. The van der Waals surface area contributed by atoms with Crippen molar-refractivity contribution >= 4 is 35.0 Å². The van der Waals surface area contributed by atoms with Crippen molar-refractivity contribution in [1.82, 2.24) is 0 Å². The van der Waals surface area contributed by atoms with Crippen LogP contribution in [0.3, 0.4) is 0 Å². The molecule has 1 heterocycles. The Labute approximate surface area is 180 Å². The number of benzene rings is 3. The van der Waals surface area contributed by atoms with Crippen molar-refractivity contribution in [2.45, 2.75) is 12.3 Å². The Morgan fingerprint density at radius 3 is 2.50 bits per heavy atom. The van der Waals surface area contributed by atoms with Crippen LogP contribution in [0.4, 0.5) is 11.4 Å². The second-order valence-electron chi connectivity index (χ2n) is 7.07. The SMILES string of the molecule is COc1ccc(N2C(=O)CSC2c2cccc(NC(=O)c3ccc(C)cc3)c2)cc1. The predicted octanol–water partition coefficient (Wildman–Crippen LogP) is 5.03. The molecule has 1 aliphatic heterocycles. The van der Waals surface area contributed by atoms with Gasteiger partial charge in [-0.2, -0.15) is 0 Å². The van der Waals surface area contributed by atoms with Crippen molar-refractivity contribution in [2.75, 3.05) is 23.1 Å². The van der Waals surface area contributed by atoms with Gasteiger partial charge in [0.15, 0.2) is 0 Å². The maximum atomic E-state index is 12.6. The molecule has 0 spiro atoms. The highest BCUT2D eigenvalue weighted by Crippen LogP contribution is 2.42. The quantitative estimate of drug-likeness (QED) is 0.631. The molecule has 0 aliphatic carbocycles. The third kappa shape index (κ3) is 4.19. The van der Waals surface area contributed by atoms with Crippen LogP contribution < -0.4 is 15.0 Å². The van der Waals surface area contributed by atoms with Gasteiger partial charge in [-0.25, -0.2) is 0 Å². The monoisotopic (exact) mass is 418 g/mol. The van der Waals surface area contributed by atoms with Crippen LogP contribution in [0.2, 0.25) is 0 Å². The van der Waals surface area contributed by atoms with Gasteiger partial charge in [0, 0.05) is 16.9 Å². The Hall–Kier alpha value is -3.25. The standard InChI is InChI=1S/C24H22N2O3S/c1-16-6-8-17(9-7-16)23(28)25-19-5-3-4-18(14-19)24-26(22(27)15-30-24)20-10-12-21(29-2)13-11-20/h3-14,24H,15H2,1-2H3,(H,25,28). The molecule has 0 saturated carbocycles. The fraction of sp³-hybridized carbons (Fsp3) is 0.167. The third-order valence-corrected chi connectivity index (χ3v) is 6.17. The molecule has 30 heavy (non-hydrogen) atoms. The molecule has 6 heteroatoms. The Morgan fingerprint density at radius 2 is 1.80 bits per heavy atom. The van der Waals surface area contributed by atoms with E-state index in [9.17, 15) is 9.59 Å². The lowest BCUT2D eigenvalue weighted by molar-refractivity contribution is -0.115. The van der Waals surface area contributed by atoms with Crippen LogP contribution >= 0.6 is 11.8 Å². The van der Waals surface area contributed by atoms with Gasteiger partial charge in [0.1, 0.15) is 11.1 Å². The molecule has 2 amide bonds. The summed E-state index contributed by atoms with van der Waals surface area (Å²) in [4.78, 5) is 27.0. The number of nitrogens with one attached hydrogen (secondary N) is 1. The Morgan fingerprint density at radius 1 is 1.07 bits per heavy atom. The first-order valence-electron chi connectivity index (χ1n) is 9.61. The van der Waals surface area contributed by atoms with Crippen LogP contribution in [0.1, 0.15) is 26.9 Å². The average Bonchev–Trinajstić information content (AvgIpc) is 3.16. The molecule has 152 valence electrons. The van der Waals surface area contributed by atoms with Gasteiger partial charge in [0.2, 0.25) is 5.91 Å². The Balaban J connectivity index is 1.56. The summed E-state index contributed by atoms with van der Waals surface area (Å²) in [5, 5.41) is 2.80. The van der Waals surface area contributed by atoms with Gasteiger partial charge in [-0.3, -0.25) is 14.5 Å². The van der Waals surface area contributed by atoms with E-state index in [1.54, 1.807) is 23.8 Å². The lowest BCUT2D eigenvalue weighted by atomic mass is 10.1. The molecule has 1 N–H and O–H groups in total. The first kappa shape index (κ1) is 20.0. The summed E-state index contributed by atoms with van der Waals surface area (Å²) in [6.07, 6.45) is 0. The lowest BCUT2D eigenvalue weighted by Gasteiger charge is -2.25. The van der Waals surface area contributed by atoms with Gasteiger partial charge in [-0.15, -0.1) is 11.8 Å². The summed E-state index contributed by atoms with van der Waals surface area (Å²) in [6, 6.07) is 22.6. The van der Waals surface area contributed by atoms with Crippen LogP contribution in [0.25, 0.3) is 0 Å². The van der Waals surface area contributed by atoms with Crippen LogP contribution in [-0.4, -0.2) is 24.7 Å². The summed E-state index contributed by atoms with van der Waals surface area (Å²) in [6.45, 7) is 1.99. The molecule has 3 aromatic rings. The highest BCUT2D eigenvalue weighted by molar-refractivity contribution is 8.00. The van der Waals surface area contributed by atoms with Crippen LogP contribution in [0, 0.1) is 6.92 Å². The third-order valence-electron chi connectivity index (χ3n) is 4.96. The minimum Gasteiger partial charge on any atom is -0.497 e. The molecule has 3 aromatic carbocycles. The first-order chi connectivity index (χ1) is 14.5. The zero-order valence-electron chi connectivity index (χ0n) is 16.8. The molecule has 1 saturated heterocycles. The van der Waals surface area contributed by atoms with E-state index in [-0.39, 0.29) is 17.2 Å². The molecular weight excluding hydrogens is 396 g/mol. The Bertz CT molecular complexity index is 1060. The highest BCUT2D eigenvalue weighted by atomic mass is 32.2. The largest absolute Gasteiger partial charge is 0.497 e. The molecule has 0 bridgehead atoms. The molecule has 5 nitrogen and oxygen atoms in total. The Kier molecular flexibility index (Phi) is 5.77. The van der Waals surface area contributed by atoms with Gasteiger partial charge < -0.3 is 10.1 Å². The maximum Gasteiger partial charge on any atom is 0.255 e. The lowest BCUT2D eigenvalue weighted by Crippen LogP contribution is -2.27. The van der Waals surface area contributed by atoms with E-state index in [0.29, 0.717) is 17.0 Å². The molecule has 1 fully saturated rings. The van der Waals surface area contributed by atoms with Crippen molar-refractivity contribution in [2.24, 2.45) is 0 Å². The zero-order valence-corrected chi connectivity index (χ0v) is 17.6. The summed E-state index contributed by atoms with van der Waals surface area (Å²) in [7, 11) is 1.62. The summed E-state index contributed by atoms with van der Waals surface area (Å²) >= 11 is 1.57. The fourth-order valence-electron chi connectivity index (χ4n) is 3.37. The number of ether oxygens (including phenoxy) is 1. The molecule has 1 unspecified atom stereocenters. The number of hydrogen-bond donors (Lipinski definition) is 1. The van der Waals surface area contributed by atoms with Crippen LogP contribution in [-0.2, 0) is 4.79 Å². The number of carbonyl (C=O) groups is 2. The summed E-state index contributed by atoms with van der Waals surface area (Å²) < 4.78 is 5.22. The van der Waals surface area contributed by atoms with Gasteiger partial charge in [0.05, 0.1) is 12.9 Å². The van der Waals surface area contributed by atoms with E-state index in [2.05, 4.69) is 5.32 Å². The van der Waals surface area contributed by atoms with E-state index in [0.717, 1.165) is 22.6 Å². The molecule has 4 rings (SSSR count). The summed E-state index contributed by atoms with van der Waals surface area (Å²) in [5.41, 5.74) is 4.20. The minimum absolute atomic E-state index is 0.0595. The van der Waals surface area contributed by atoms with Gasteiger partial charge in [-0.05, 0) is 61.0 Å². The summed E-state index contributed by atoms with van der Waals surface area (Å²) in [5.74, 6) is 1.06. The maximum absolute atomic E-state index is 12.6. The van der Waals surface area contributed by atoms with Crippen molar-refractivity contribution in [3.8, 4) is 5.75 Å². The number of methoxy groups -OCH3 is 1. The van der Waals surface area contributed by atoms with E-state index in [4.69, 9.17) is 4.74 Å². The number of hydrogen-bond acceptors (Lipinski definition) is 4. The van der Waals surface area contributed by atoms with Gasteiger partial charge >= 0.3 is 0 Å². The molecule has 1 atom stereocenters. The van der Waals surface area contributed by atoms with Gasteiger partial charge in [-0.1, -0.05) is 29.8 Å². The molecule has 0 radical (unpaired) electrons. The minimum atomic E-state index is -0.158. The molecule has 0 aromatic heterocycles. The van der Waals surface area contributed by atoms with Crippen molar-refractivity contribution < 1.29 is 14.3 Å². The highest BCUT2D eigenvalue weighted by Gasteiger charge is 2.34. The van der Waals surface area contributed by atoms with E-state index in [1.165, 1.54) is 0 Å². The van der Waals surface area contributed by atoms with Crippen molar-refractivity contribution in [3.63, 3.8) is 0 Å². The van der Waals surface area contributed by atoms with Crippen molar-refractivity contribution in [3.05, 3.63) is 89.5 Å². The number of aryl methyl sites for hydroxylation is 1. The van der Waals surface area contributed by atoms with Crippen LogP contribution in [0.15, 0.2) is 72.8 Å². The normalized spacial score (nSPS) is 15.9. The number of thioether (sulfide) groups is 1. The average molecular weight is 419 g/mol. The topological polar surface area (TPSA) is 58.6 Å². The number of nitrogens with zero attached hydrogens (tertiary/aromatic N) is 1. The van der Waals surface area contributed by atoms with Crippen molar-refractivity contribution in [1.29, 1.82) is 0 Å². The smallest absolute Gasteiger partial charge is 0.255 e. The zero-order chi connectivity index (χ0) is 21.1. The fourth-order valence-corrected chi connectivity index (χ4v) is 4.54. The second kappa shape index (κ2) is 8.63. The first-order valence-corrected chi connectivity index (χ1v) is 10.7. The van der Waals surface area contributed by atoms with Gasteiger partial charge in [0.25, 0.3) is 5.91 Å². The van der Waals surface area contributed by atoms with Crippen LogP contribution in [0.5, 0.6) is 5.75 Å². The number of carbonyl (C=O) groups excluding carboxylic acids is 2. The number of amides is 2. The number of anilines is 2. The van der Waals surface area contributed by atoms with E-state index >= 15 is 0 Å². The van der Waals surface area contributed by atoms with E-state index in [1.807, 2.05) is 79.7 Å².